The molecule has 0 aromatic heterocycles. The maximum absolute atomic E-state index is 12.7. The molecule has 0 aliphatic heterocycles. The Balaban J connectivity index is 1.88. The normalized spacial score (nSPS) is 11.4. The minimum atomic E-state index is -4.09. The molecule has 174 valence electrons. The number of nitriles is 1. The fourth-order valence-electron chi connectivity index (χ4n) is 2.89. The van der Waals surface area contributed by atoms with Crippen molar-refractivity contribution in [2.24, 2.45) is 0 Å². The van der Waals surface area contributed by atoms with Crippen molar-refractivity contribution in [1.29, 1.82) is 5.26 Å². The lowest BCUT2D eigenvalue weighted by Crippen LogP contribution is -2.13. The summed E-state index contributed by atoms with van der Waals surface area (Å²) in [5.41, 5.74) is 1.55. The molecule has 0 radical (unpaired) electrons. The lowest BCUT2D eigenvalue weighted by molar-refractivity contribution is -0.112. The molecule has 3 aromatic rings. The monoisotopic (exact) mass is 496 g/mol. The van der Waals surface area contributed by atoms with Crippen molar-refractivity contribution >= 4 is 39.4 Å². The van der Waals surface area contributed by atoms with E-state index in [0.717, 1.165) is 5.56 Å². The van der Waals surface area contributed by atoms with E-state index in [-0.39, 0.29) is 28.6 Å². The largest absolute Gasteiger partial charge is 0.490 e. The van der Waals surface area contributed by atoms with Crippen LogP contribution in [0, 0.1) is 18.3 Å². The van der Waals surface area contributed by atoms with Gasteiger partial charge in [-0.2, -0.15) is 13.7 Å². The first-order valence-corrected chi connectivity index (χ1v) is 12.0. The van der Waals surface area contributed by atoms with Gasteiger partial charge in [0.2, 0.25) is 0 Å². The SMILES string of the molecule is CCOc1cc(/C=C(\C#N)C(=O)Nc2ccccc2Cl)ccc1OS(=O)(=O)c1ccc(C)cc1. The molecule has 1 N–H and O–H groups in total. The Labute approximate surface area is 203 Å². The minimum Gasteiger partial charge on any atom is -0.490 e. The Kier molecular flexibility index (Phi) is 7.95. The number of rotatable bonds is 8. The van der Waals surface area contributed by atoms with Crippen LogP contribution in [0.4, 0.5) is 5.69 Å². The molecule has 0 aliphatic rings. The second-order valence-corrected chi connectivity index (χ2v) is 9.05. The van der Waals surface area contributed by atoms with Gasteiger partial charge in [0.05, 0.1) is 17.3 Å². The number of hydrogen-bond donors (Lipinski definition) is 1. The van der Waals surface area contributed by atoms with Crippen LogP contribution >= 0.6 is 11.6 Å². The summed E-state index contributed by atoms with van der Waals surface area (Å²) in [4.78, 5) is 12.6. The Bertz CT molecular complexity index is 1380. The standard InChI is InChI=1S/C25H21ClN2O5S/c1-3-32-24-15-18(14-19(16-27)25(29)28-22-7-5-4-6-21(22)26)10-13-23(24)33-34(30,31)20-11-8-17(2)9-12-20/h4-15H,3H2,1-2H3,(H,28,29)/b19-14+. The van der Waals surface area contributed by atoms with Crippen molar-refractivity contribution in [2.75, 3.05) is 11.9 Å². The number of nitrogens with zero attached hydrogens (tertiary/aromatic N) is 1. The smallest absolute Gasteiger partial charge is 0.339 e. The molecule has 7 nitrogen and oxygen atoms in total. The molecular weight excluding hydrogens is 476 g/mol. The average molecular weight is 497 g/mol. The van der Waals surface area contributed by atoms with Gasteiger partial charge in [0, 0.05) is 0 Å². The summed E-state index contributed by atoms with van der Waals surface area (Å²) in [5.74, 6) is -0.509. The third-order valence-electron chi connectivity index (χ3n) is 4.57. The number of carbonyl (C=O) groups excluding carboxylic acids is 1. The van der Waals surface area contributed by atoms with Crippen LogP contribution in [0.25, 0.3) is 6.08 Å². The summed E-state index contributed by atoms with van der Waals surface area (Å²) < 4.78 is 36.2. The van der Waals surface area contributed by atoms with Crippen LogP contribution in [0.5, 0.6) is 11.5 Å². The van der Waals surface area contributed by atoms with Gasteiger partial charge in [0.1, 0.15) is 16.5 Å². The first kappa shape index (κ1) is 24.8. The van der Waals surface area contributed by atoms with Crippen LogP contribution in [0.15, 0.2) is 77.2 Å². The van der Waals surface area contributed by atoms with Crippen molar-refractivity contribution in [3.8, 4) is 17.6 Å². The summed E-state index contributed by atoms with van der Waals surface area (Å²) >= 11 is 6.06. The lowest BCUT2D eigenvalue weighted by Gasteiger charge is -2.13. The van der Waals surface area contributed by atoms with Crippen molar-refractivity contribution in [2.45, 2.75) is 18.7 Å². The predicted molar refractivity (Wildman–Crippen MR) is 130 cm³/mol. The minimum absolute atomic E-state index is 0.00697. The van der Waals surface area contributed by atoms with Crippen LogP contribution < -0.4 is 14.2 Å². The summed E-state index contributed by atoms with van der Waals surface area (Å²) in [5, 5.41) is 12.4. The third-order valence-corrected chi connectivity index (χ3v) is 6.15. The Hall–Kier alpha value is -3.80. The molecule has 1 amide bonds. The number of amides is 1. The van der Waals surface area contributed by atoms with E-state index in [2.05, 4.69) is 5.32 Å². The number of carbonyl (C=O) groups is 1. The second kappa shape index (κ2) is 10.9. The highest BCUT2D eigenvalue weighted by molar-refractivity contribution is 7.87. The van der Waals surface area contributed by atoms with Crippen LogP contribution in [-0.2, 0) is 14.9 Å². The highest BCUT2D eigenvalue weighted by atomic mass is 35.5. The zero-order valence-electron chi connectivity index (χ0n) is 18.4. The van der Waals surface area contributed by atoms with Crippen molar-refractivity contribution in [3.05, 3.63) is 88.5 Å². The van der Waals surface area contributed by atoms with Gasteiger partial charge in [-0.05, 0) is 61.9 Å². The van der Waals surface area contributed by atoms with Crippen LogP contribution in [-0.4, -0.2) is 20.9 Å². The summed E-state index contributed by atoms with van der Waals surface area (Å²) in [6, 6.07) is 19.2. The van der Waals surface area contributed by atoms with E-state index in [1.807, 2.05) is 13.0 Å². The van der Waals surface area contributed by atoms with Crippen LogP contribution in [0.2, 0.25) is 5.02 Å². The van der Waals surface area contributed by atoms with Gasteiger partial charge in [-0.3, -0.25) is 4.79 Å². The quantitative estimate of drug-likeness (QED) is 0.255. The number of anilines is 1. The lowest BCUT2D eigenvalue weighted by atomic mass is 10.1. The van der Waals surface area contributed by atoms with E-state index in [1.165, 1.54) is 36.4 Å². The Morgan fingerprint density at radius 1 is 1.09 bits per heavy atom. The molecule has 0 spiro atoms. The number of ether oxygens (including phenoxy) is 1. The first-order valence-electron chi connectivity index (χ1n) is 10.2. The molecule has 3 aromatic carbocycles. The zero-order chi connectivity index (χ0) is 24.7. The number of benzene rings is 3. The van der Waals surface area contributed by atoms with E-state index in [9.17, 15) is 18.5 Å². The molecule has 0 aliphatic carbocycles. The summed E-state index contributed by atoms with van der Waals surface area (Å²) in [7, 11) is -4.09. The second-order valence-electron chi connectivity index (χ2n) is 7.09. The highest BCUT2D eigenvalue weighted by Crippen LogP contribution is 2.32. The fraction of sp³-hybridized carbons (Fsp3) is 0.120. The Morgan fingerprint density at radius 3 is 2.44 bits per heavy atom. The molecule has 9 heteroatoms. The van der Waals surface area contributed by atoms with Crippen molar-refractivity contribution in [1.82, 2.24) is 0 Å². The molecule has 0 fully saturated rings. The zero-order valence-corrected chi connectivity index (χ0v) is 20.0. The van der Waals surface area contributed by atoms with Crippen LogP contribution in [0.1, 0.15) is 18.1 Å². The number of aryl methyl sites for hydroxylation is 1. The molecule has 0 saturated heterocycles. The van der Waals surface area contributed by atoms with Gasteiger partial charge >= 0.3 is 10.1 Å². The first-order chi connectivity index (χ1) is 16.2. The summed E-state index contributed by atoms with van der Waals surface area (Å²) in [6.45, 7) is 3.83. The fourth-order valence-corrected chi connectivity index (χ4v) is 4.01. The van der Waals surface area contributed by atoms with Gasteiger partial charge in [0.15, 0.2) is 11.5 Å². The molecule has 0 unspecified atom stereocenters. The number of hydrogen-bond acceptors (Lipinski definition) is 6. The maximum Gasteiger partial charge on any atom is 0.339 e. The Morgan fingerprint density at radius 2 is 1.79 bits per heavy atom. The predicted octanol–water partition coefficient (Wildman–Crippen LogP) is 5.36. The van der Waals surface area contributed by atoms with E-state index in [4.69, 9.17) is 20.5 Å². The van der Waals surface area contributed by atoms with Crippen molar-refractivity contribution in [3.63, 3.8) is 0 Å². The van der Waals surface area contributed by atoms with Crippen molar-refractivity contribution < 1.29 is 22.1 Å². The van der Waals surface area contributed by atoms with Gasteiger partial charge in [-0.15, -0.1) is 0 Å². The topological polar surface area (TPSA) is 105 Å². The molecule has 0 saturated carbocycles. The van der Waals surface area contributed by atoms with E-state index in [1.54, 1.807) is 43.3 Å². The average Bonchev–Trinajstić information content (AvgIpc) is 2.81. The highest BCUT2D eigenvalue weighted by Gasteiger charge is 2.20. The number of nitrogens with one attached hydrogen (secondary N) is 1. The third kappa shape index (κ3) is 6.16. The van der Waals surface area contributed by atoms with Gasteiger partial charge in [-0.25, -0.2) is 0 Å². The summed E-state index contributed by atoms with van der Waals surface area (Å²) in [6.07, 6.45) is 1.35. The molecular formula is C25H21ClN2O5S. The molecule has 3 rings (SSSR count). The molecule has 0 atom stereocenters. The molecule has 0 heterocycles. The van der Waals surface area contributed by atoms with E-state index in [0.29, 0.717) is 16.3 Å². The molecule has 0 bridgehead atoms. The number of halogens is 1. The van der Waals surface area contributed by atoms with Crippen LogP contribution in [0.3, 0.4) is 0 Å². The van der Waals surface area contributed by atoms with Gasteiger partial charge < -0.3 is 14.2 Å². The maximum atomic E-state index is 12.7. The van der Waals surface area contributed by atoms with Gasteiger partial charge in [-0.1, -0.05) is 47.5 Å². The van der Waals surface area contributed by atoms with E-state index >= 15 is 0 Å². The van der Waals surface area contributed by atoms with Gasteiger partial charge in [0.25, 0.3) is 5.91 Å². The number of para-hydroxylation sites is 1. The van der Waals surface area contributed by atoms with E-state index < -0.39 is 16.0 Å². The molecule has 34 heavy (non-hydrogen) atoms.